The summed E-state index contributed by atoms with van der Waals surface area (Å²) in [6, 6.07) is 14.1. The molecular formula is C28H34N4O3. The Morgan fingerprint density at radius 1 is 1.14 bits per heavy atom. The molecule has 2 atom stereocenters. The van der Waals surface area contributed by atoms with Crippen LogP contribution in [0.25, 0.3) is 5.65 Å². The summed E-state index contributed by atoms with van der Waals surface area (Å²) in [5.74, 6) is 0.105. The molecule has 1 saturated heterocycles. The summed E-state index contributed by atoms with van der Waals surface area (Å²) in [5.41, 5.74) is 4.02. The van der Waals surface area contributed by atoms with Gasteiger partial charge in [-0.3, -0.25) is 9.59 Å². The molecule has 1 N–H and O–H groups in total. The lowest BCUT2D eigenvalue weighted by atomic mass is 9.71. The monoisotopic (exact) mass is 474 g/mol. The Morgan fingerprint density at radius 2 is 1.89 bits per heavy atom. The summed E-state index contributed by atoms with van der Waals surface area (Å²) in [7, 11) is 1.74. The predicted octanol–water partition coefficient (Wildman–Crippen LogP) is 3.67. The molecule has 0 bridgehead atoms. The number of methoxy groups -OCH3 is 1. The summed E-state index contributed by atoms with van der Waals surface area (Å²) in [5, 5.41) is 3.24. The standard InChI is InChI=1S/C28H34N4O3/c1-19(2)27(34)30-25-21-8-4-5-9-22(21)28(26(25)35-3)13-16-31(17-14-28)24(33)12-11-20-18-32-15-7-6-10-23(32)29-20/h4-10,15,18-19,25-26H,11-14,16-17H2,1-3H3,(H,30,34)/t25-,26+/m1/s1. The van der Waals surface area contributed by atoms with Crippen LogP contribution in [0.5, 0.6) is 0 Å². The Labute approximate surface area is 206 Å². The second-order valence-corrected chi connectivity index (χ2v) is 10.1. The van der Waals surface area contributed by atoms with Crippen LogP contribution in [0.1, 0.15) is 56.0 Å². The largest absolute Gasteiger partial charge is 0.378 e. The van der Waals surface area contributed by atoms with Crippen LogP contribution >= 0.6 is 0 Å². The first-order valence-corrected chi connectivity index (χ1v) is 12.6. The molecule has 2 aromatic heterocycles. The summed E-state index contributed by atoms with van der Waals surface area (Å²) < 4.78 is 8.07. The van der Waals surface area contributed by atoms with Crippen molar-refractivity contribution in [1.29, 1.82) is 0 Å². The van der Waals surface area contributed by atoms with Crippen molar-refractivity contribution in [3.8, 4) is 0 Å². The first-order valence-electron chi connectivity index (χ1n) is 12.6. The van der Waals surface area contributed by atoms with E-state index < -0.39 is 0 Å². The van der Waals surface area contributed by atoms with Gasteiger partial charge in [-0.1, -0.05) is 44.2 Å². The third kappa shape index (κ3) is 4.22. The highest BCUT2D eigenvalue weighted by Crippen LogP contribution is 2.52. The summed E-state index contributed by atoms with van der Waals surface area (Å²) in [6.45, 7) is 5.18. The average molecular weight is 475 g/mol. The summed E-state index contributed by atoms with van der Waals surface area (Å²) in [4.78, 5) is 32.3. The second kappa shape index (κ2) is 9.46. The van der Waals surface area contributed by atoms with Gasteiger partial charge < -0.3 is 19.4 Å². The van der Waals surface area contributed by atoms with E-state index in [-0.39, 0.29) is 35.3 Å². The van der Waals surface area contributed by atoms with Gasteiger partial charge in [-0.25, -0.2) is 4.98 Å². The highest BCUT2D eigenvalue weighted by Gasteiger charge is 2.54. The highest BCUT2D eigenvalue weighted by molar-refractivity contribution is 5.79. The Morgan fingerprint density at radius 3 is 2.60 bits per heavy atom. The van der Waals surface area contributed by atoms with Crippen LogP contribution in [0, 0.1) is 5.92 Å². The number of ether oxygens (including phenoxy) is 1. The fraction of sp³-hybridized carbons (Fsp3) is 0.464. The van der Waals surface area contributed by atoms with Crippen molar-refractivity contribution in [3.05, 3.63) is 71.7 Å². The lowest BCUT2D eigenvalue weighted by Gasteiger charge is -2.44. The fourth-order valence-electron chi connectivity index (χ4n) is 5.90. The number of pyridine rings is 1. The van der Waals surface area contributed by atoms with Crippen molar-refractivity contribution in [2.45, 2.75) is 57.1 Å². The molecule has 0 saturated carbocycles. The van der Waals surface area contributed by atoms with Gasteiger partial charge in [0.2, 0.25) is 11.8 Å². The zero-order chi connectivity index (χ0) is 24.6. The lowest BCUT2D eigenvalue weighted by molar-refractivity contribution is -0.134. The topological polar surface area (TPSA) is 75.9 Å². The number of aryl methyl sites for hydroxylation is 1. The summed E-state index contributed by atoms with van der Waals surface area (Å²) in [6.07, 6.45) is 6.53. The van der Waals surface area contributed by atoms with Crippen molar-refractivity contribution in [2.75, 3.05) is 20.2 Å². The van der Waals surface area contributed by atoms with Crippen LogP contribution in [0.2, 0.25) is 0 Å². The maximum absolute atomic E-state index is 13.1. The molecule has 1 aliphatic heterocycles. The van der Waals surface area contributed by atoms with Crippen LogP contribution in [0.4, 0.5) is 0 Å². The van der Waals surface area contributed by atoms with Gasteiger partial charge in [0, 0.05) is 50.3 Å². The van der Waals surface area contributed by atoms with Crippen molar-refractivity contribution in [3.63, 3.8) is 0 Å². The lowest BCUT2D eigenvalue weighted by Crippen LogP contribution is -2.52. The van der Waals surface area contributed by atoms with E-state index in [4.69, 9.17) is 4.74 Å². The minimum atomic E-state index is -0.210. The first-order chi connectivity index (χ1) is 16.9. The molecule has 1 aliphatic carbocycles. The molecule has 3 heterocycles. The number of amides is 2. The number of benzene rings is 1. The van der Waals surface area contributed by atoms with Gasteiger partial charge >= 0.3 is 0 Å². The minimum absolute atomic E-state index is 0.0310. The van der Waals surface area contributed by atoms with Gasteiger partial charge in [-0.2, -0.15) is 0 Å². The molecule has 7 nitrogen and oxygen atoms in total. The molecule has 2 amide bonds. The molecule has 7 heteroatoms. The molecule has 184 valence electrons. The number of carbonyl (C=O) groups is 2. The van der Waals surface area contributed by atoms with Crippen molar-refractivity contribution >= 4 is 17.5 Å². The minimum Gasteiger partial charge on any atom is -0.378 e. The van der Waals surface area contributed by atoms with Crippen molar-refractivity contribution in [2.24, 2.45) is 5.92 Å². The first kappa shape index (κ1) is 23.5. The number of rotatable bonds is 6. The van der Waals surface area contributed by atoms with Crippen LogP contribution in [0.15, 0.2) is 54.9 Å². The number of likely N-dealkylation sites (tertiary alicyclic amines) is 1. The normalized spacial score (nSPS) is 21.0. The molecule has 0 unspecified atom stereocenters. The Hall–Kier alpha value is -3.19. The van der Waals surface area contributed by atoms with E-state index in [1.54, 1.807) is 7.11 Å². The summed E-state index contributed by atoms with van der Waals surface area (Å²) >= 11 is 0. The number of nitrogens with one attached hydrogen (secondary N) is 1. The molecule has 2 aliphatic rings. The van der Waals surface area contributed by atoms with E-state index in [9.17, 15) is 9.59 Å². The number of imidazole rings is 1. The van der Waals surface area contributed by atoms with E-state index in [0.29, 0.717) is 25.9 Å². The molecule has 3 aromatic rings. The number of carbonyl (C=O) groups excluding carboxylic acids is 2. The fourth-order valence-corrected chi connectivity index (χ4v) is 5.90. The zero-order valence-corrected chi connectivity index (χ0v) is 20.7. The van der Waals surface area contributed by atoms with Gasteiger partial charge in [0.1, 0.15) is 5.65 Å². The van der Waals surface area contributed by atoms with Gasteiger partial charge in [0.05, 0.1) is 17.8 Å². The van der Waals surface area contributed by atoms with E-state index in [1.165, 1.54) is 5.56 Å². The Balaban J connectivity index is 1.28. The predicted molar refractivity (Wildman–Crippen MR) is 134 cm³/mol. The molecule has 1 fully saturated rings. The third-order valence-electron chi connectivity index (χ3n) is 7.77. The van der Waals surface area contributed by atoms with Crippen LogP contribution in [0.3, 0.4) is 0 Å². The maximum Gasteiger partial charge on any atom is 0.223 e. The molecular weight excluding hydrogens is 440 g/mol. The van der Waals surface area contributed by atoms with Gasteiger partial charge in [-0.05, 0) is 42.5 Å². The van der Waals surface area contributed by atoms with Crippen molar-refractivity contribution < 1.29 is 14.3 Å². The molecule has 0 radical (unpaired) electrons. The smallest absolute Gasteiger partial charge is 0.223 e. The number of nitrogens with zero attached hydrogens (tertiary/aromatic N) is 3. The highest BCUT2D eigenvalue weighted by atomic mass is 16.5. The van der Waals surface area contributed by atoms with E-state index in [0.717, 1.165) is 29.7 Å². The second-order valence-electron chi connectivity index (χ2n) is 10.1. The molecule has 5 rings (SSSR count). The number of aromatic nitrogens is 2. The van der Waals surface area contributed by atoms with E-state index in [1.807, 2.05) is 59.8 Å². The molecule has 1 spiro atoms. The van der Waals surface area contributed by atoms with Crippen LogP contribution in [-0.2, 0) is 26.2 Å². The van der Waals surface area contributed by atoms with Crippen LogP contribution < -0.4 is 5.32 Å². The SMILES string of the molecule is CO[C@H]1[C@H](NC(=O)C(C)C)c2ccccc2C12CCN(C(=O)CCc1cn3ccccc3n1)CC2. The van der Waals surface area contributed by atoms with Gasteiger partial charge in [0.15, 0.2) is 0 Å². The Bertz CT molecular complexity index is 1190. The third-order valence-corrected chi connectivity index (χ3v) is 7.77. The number of hydrogen-bond donors (Lipinski definition) is 1. The number of hydrogen-bond acceptors (Lipinski definition) is 4. The van der Waals surface area contributed by atoms with Gasteiger partial charge in [0.25, 0.3) is 0 Å². The quantitative estimate of drug-likeness (QED) is 0.592. The van der Waals surface area contributed by atoms with Gasteiger partial charge in [-0.15, -0.1) is 0 Å². The zero-order valence-electron chi connectivity index (χ0n) is 20.7. The molecule has 1 aromatic carbocycles. The number of fused-ring (bicyclic) bond motifs is 3. The van der Waals surface area contributed by atoms with Crippen molar-refractivity contribution in [1.82, 2.24) is 19.6 Å². The van der Waals surface area contributed by atoms with E-state index in [2.05, 4.69) is 28.5 Å². The van der Waals surface area contributed by atoms with E-state index >= 15 is 0 Å². The number of piperidine rings is 1. The maximum atomic E-state index is 13.1. The van der Waals surface area contributed by atoms with Crippen LogP contribution in [-0.4, -0.2) is 52.4 Å². The molecule has 35 heavy (non-hydrogen) atoms. The Kier molecular flexibility index (Phi) is 6.36. The average Bonchev–Trinajstić information content (AvgIpc) is 3.40.